The van der Waals surface area contributed by atoms with Crippen LogP contribution in [-0.2, 0) is 6.54 Å². The van der Waals surface area contributed by atoms with Crippen LogP contribution in [0.25, 0.3) is 0 Å². The number of anilines is 1. The van der Waals surface area contributed by atoms with Crippen LogP contribution in [0.5, 0.6) is 5.75 Å². The summed E-state index contributed by atoms with van der Waals surface area (Å²) in [4.78, 5) is 12.2. The summed E-state index contributed by atoms with van der Waals surface area (Å²) in [7, 11) is 0. The molecule has 0 aliphatic heterocycles. The highest BCUT2D eigenvalue weighted by Crippen LogP contribution is 2.24. The zero-order chi connectivity index (χ0) is 17.0. The molecule has 0 unspecified atom stereocenters. The number of hydrogen-bond donors (Lipinski definition) is 2. The van der Waals surface area contributed by atoms with Gasteiger partial charge >= 0.3 is 0 Å². The Hall–Kier alpha value is -2.49. The first-order chi connectivity index (χ1) is 10.7. The number of carbonyl (C=O) groups excluding carboxylic acids is 1. The molecule has 2 aromatic carbocycles. The van der Waals surface area contributed by atoms with E-state index in [9.17, 15) is 4.79 Å². The lowest BCUT2D eigenvalue weighted by atomic mass is 10.1. The highest BCUT2D eigenvalue weighted by molar-refractivity contribution is 5.94. The Labute approximate surface area is 137 Å². The number of rotatable bonds is 4. The molecule has 0 radical (unpaired) electrons. The molecule has 122 valence electrons. The van der Waals surface area contributed by atoms with Crippen LogP contribution < -0.4 is 15.8 Å². The van der Waals surface area contributed by atoms with Gasteiger partial charge in [0.15, 0.2) is 0 Å². The first-order valence-corrected chi connectivity index (χ1v) is 7.67. The van der Waals surface area contributed by atoms with Gasteiger partial charge in [-0.15, -0.1) is 0 Å². The molecule has 0 saturated carbocycles. The minimum atomic E-state index is -0.291. The van der Waals surface area contributed by atoms with Gasteiger partial charge in [-0.3, -0.25) is 4.79 Å². The maximum Gasteiger partial charge on any atom is 0.251 e. The van der Waals surface area contributed by atoms with Crippen molar-refractivity contribution in [3.8, 4) is 5.75 Å². The topological polar surface area (TPSA) is 64.4 Å². The van der Waals surface area contributed by atoms with Crippen molar-refractivity contribution >= 4 is 11.6 Å². The summed E-state index contributed by atoms with van der Waals surface area (Å²) in [5.74, 6) is 0.643. The predicted octanol–water partition coefficient (Wildman–Crippen LogP) is 3.68. The number of benzene rings is 2. The maximum absolute atomic E-state index is 12.2. The van der Waals surface area contributed by atoms with Gasteiger partial charge in [-0.05, 0) is 57.5 Å². The molecule has 2 rings (SSSR count). The quantitative estimate of drug-likeness (QED) is 0.846. The third kappa shape index (κ3) is 5.02. The van der Waals surface area contributed by atoms with Gasteiger partial charge in [0.1, 0.15) is 11.4 Å². The number of aryl methyl sites for hydroxylation is 1. The molecule has 0 aromatic heterocycles. The summed E-state index contributed by atoms with van der Waals surface area (Å²) in [5, 5.41) is 2.91. The summed E-state index contributed by atoms with van der Waals surface area (Å²) in [6, 6.07) is 12.9. The molecular formula is C19H24N2O2. The van der Waals surface area contributed by atoms with Crippen LogP contribution in [0, 0.1) is 6.92 Å². The maximum atomic E-state index is 12.2. The lowest BCUT2D eigenvalue weighted by Gasteiger charge is -2.23. The Balaban J connectivity index is 2.12. The number of carbonyl (C=O) groups is 1. The minimum absolute atomic E-state index is 0.153. The van der Waals surface area contributed by atoms with Gasteiger partial charge in [0.25, 0.3) is 5.91 Å². The molecule has 0 heterocycles. The Morgan fingerprint density at radius 1 is 1.17 bits per heavy atom. The molecule has 23 heavy (non-hydrogen) atoms. The summed E-state index contributed by atoms with van der Waals surface area (Å²) in [5.41, 5.74) is 8.62. The van der Waals surface area contributed by atoms with Crippen molar-refractivity contribution in [2.45, 2.75) is 39.8 Å². The van der Waals surface area contributed by atoms with E-state index < -0.39 is 0 Å². The van der Waals surface area contributed by atoms with E-state index in [1.165, 1.54) is 0 Å². The molecule has 0 bridgehead atoms. The third-order valence-electron chi connectivity index (χ3n) is 3.23. The summed E-state index contributed by atoms with van der Waals surface area (Å²) < 4.78 is 6.00. The molecule has 2 aromatic rings. The van der Waals surface area contributed by atoms with Crippen molar-refractivity contribution in [1.82, 2.24) is 5.32 Å². The third-order valence-corrected chi connectivity index (χ3v) is 3.23. The first kappa shape index (κ1) is 16.9. The Kier molecular flexibility index (Phi) is 4.94. The first-order valence-electron chi connectivity index (χ1n) is 7.67. The molecule has 4 heteroatoms. The van der Waals surface area contributed by atoms with Crippen LogP contribution in [0.1, 0.15) is 42.3 Å². The van der Waals surface area contributed by atoms with Gasteiger partial charge in [0.05, 0.1) is 0 Å². The molecule has 0 aliphatic rings. The predicted molar refractivity (Wildman–Crippen MR) is 93.6 cm³/mol. The van der Waals surface area contributed by atoms with E-state index in [4.69, 9.17) is 10.5 Å². The number of nitrogens with two attached hydrogens (primary N) is 1. The molecule has 0 fully saturated rings. The molecule has 3 N–H and O–H groups in total. The fraction of sp³-hybridized carbons (Fsp3) is 0.316. The van der Waals surface area contributed by atoms with Gasteiger partial charge in [0.2, 0.25) is 0 Å². The van der Waals surface area contributed by atoms with Crippen LogP contribution >= 0.6 is 0 Å². The van der Waals surface area contributed by atoms with Crippen LogP contribution in [0.15, 0.2) is 42.5 Å². The fourth-order valence-corrected chi connectivity index (χ4v) is 2.19. The van der Waals surface area contributed by atoms with Crippen molar-refractivity contribution < 1.29 is 9.53 Å². The van der Waals surface area contributed by atoms with Crippen molar-refractivity contribution in [1.29, 1.82) is 0 Å². The molecule has 0 spiro atoms. The smallest absolute Gasteiger partial charge is 0.251 e. The van der Waals surface area contributed by atoms with E-state index >= 15 is 0 Å². The van der Waals surface area contributed by atoms with E-state index in [0.29, 0.717) is 17.8 Å². The normalized spacial score (nSPS) is 11.1. The SMILES string of the molecule is Cc1ccc(CNC(=O)c2cccc(N)c2)c(OC(C)(C)C)c1. The highest BCUT2D eigenvalue weighted by atomic mass is 16.5. The molecule has 0 saturated heterocycles. The van der Waals surface area contributed by atoms with Crippen LogP contribution in [-0.4, -0.2) is 11.5 Å². The zero-order valence-corrected chi connectivity index (χ0v) is 14.1. The van der Waals surface area contributed by atoms with E-state index in [2.05, 4.69) is 5.32 Å². The number of nitrogens with one attached hydrogen (secondary N) is 1. The summed E-state index contributed by atoms with van der Waals surface area (Å²) in [6.45, 7) is 8.43. The van der Waals surface area contributed by atoms with Crippen molar-refractivity contribution in [3.05, 3.63) is 59.2 Å². The van der Waals surface area contributed by atoms with Crippen LogP contribution in [0.4, 0.5) is 5.69 Å². The zero-order valence-electron chi connectivity index (χ0n) is 14.1. The van der Waals surface area contributed by atoms with Crippen molar-refractivity contribution in [3.63, 3.8) is 0 Å². The standard InChI is InChI=1S/C19H24N2O2/c1-13-8-9-15(17(10-13)23-19(2,3)4)12-21-18(22)14-6-5-7-16(20)11-14/h5-11H,12,20H2,1-4H3,(H,21,22). The van der Waals surface area contributed by atoms with E-state index in [1.54, 1.807) is 24.3 Å². The number of hydrogen-bond acceptors (Lipinski definition) is 3. The largest absolute Gasteiger partial charge is 0.488 e. The Morgan fingerprint density at radius 2 is 1.91 bits per heavy atom. The highest BCUT2D eigenvalue weighted by Gasteiger charge is 2.15. The second-order valence-electron chi connectivity index (χ2n) is 6.63. The lowest BCUT2D eigenvalue weighted by Crippen LogP contribution is -2.26. The molecular weight excluding hydrogens is 288 g/mol. The molecule has 0 aliphatic carbocycles. The van der Waals surface area contributed by atoms with Gasteiger partial charge in [-0.25, -0.2) is 0 Å². The fourth-order valence-electron chi connectivity index (χ4n) is 2.19. The van der Waals surface area contributed by atoms with Gasteiger partial charge in [0, 0.05) is 23.4 Å². The minimum Gasteiger partial charge on any atom is -0.488 e. The lowest BCUT2D eigenvalue weighted by molar-refractivity contribution is 0.0949. The Morgan fingerprint density at radius 3 is 2.57 bits per heavy atom. The van der Waals surface area contributed by atoms with E-state index in [1.807, 2.05) is 45.9 Å². The van der Waals surface area contributed by atoms with Gasteiger partial charge < -0.3 is 15.8 Å². The van der Waals surface area contributed by atoms with Crippen molar-refractivity contribution in [2.24, 2.45) is 0 Å². The molecule has 0 atom stereocenters. The van der Waals surface area contributed by atoms with Crippen LogP contribution in [0.2, 0.25) is 0 Å². The monoisotopic (exact) mass is 312 g/mol. The summed E-state index contributed by atoms with van der Waals surface area (Å²) >= 11 is 0. The molecule has 4 nitrogen and oxygen atoms in total. The van der Waals surface area contributed by atoms with Crippen LogP contribution in [0.3, 0.4) is 0 Å². The molecule has 1 amide bonds. The number of amides is 1. The van der Waals surface area contributed by atoms with Crippen molar-refractivity contribution in [2.75, 3.05) is 5.73 Å². The number of ether oxygens (including phenoxy) is 1. The Bertz CT molecular complexity index is 703. The summed E-state index contributed by atoms with van der Waals surface area (Å²) in [6.07, 6.45) is 0. The van der Waals surface area contributed by atoms with E-state index in [-0.39, 0.29) is 11.5 Å². The average Bonchev–Trinajstić information content (AvgIpc) is 2.44. The van der Waals surface area contributed by atoms with Gasteiger partial charge in [-0.2, -0.15) is 0 Å². The number of nitrogen functional groups attached to an aromatic ring is 1. The average molecular weight is 312 g/mol. The van der Waals surface area contributed by atoms with E-state index in [0.717, 1.165) is 16.9 Å². The second-order valence-corrected chi connectivity index (χ2v) is 6.63. The second kappa shape index (κ2) is 6.73. The van der Waals surface area contributed by atoms with Gasteiger partial charge in [-0.1, -0.05) is 18.2 Å².